The number of amides is 1. The van der Waals surface area contributed by atoms with Crippen LogP contribution in [0.4, 0.5) is 5.69 Å². The van der Waals surface area contributed by atoms with Crippen LogP contribution in [0.5, 0.6) is 0 Å². The molecular formula is C23H21N7O2S. The van der Waals surface area contributed by atoms with Crippen LogP contribution in [-0.4, -0.2) is 34.9 Å². The van der Waals surface area contributed by atoms with Gasteiger partial charge in [-0.2, -0.15) is 5.10 Å². The van der Waals surface area contributed by atoms with Gasteiger partial charge in [-0.3, -0.25) is 14.0 Å². The molecule has 1 unspecified atom stereocenters. The topological polar surface area (TPSA) is 99.1 Å². The van der Waals surface area contributed by atoms with Gasteiger partial charge in [-0.1, -0.05) is 12.1 Å². The molecule has 0 bridgehead atoms. The van der Waals surface area contributed by atoms with Gasteiger partial charge in [0, 0.05) is 40.8 Å². The molecule has 1 atom stereocenters. The molecule has 0 aliphatic carbocycles. The zero-order valence-electron chi connectivity index (χ0n) is 18.3. The Balaban J connectivity index is 1.39. The maximum Gasteiger partial charge on any atom is 0.267 e. The predicted octanol–water partition coefficient (Wildman–Crippen LogP) is 3.62. The molecule has 0 radical (unpaired) electrons. The number of benzene rings is 1. The number of imidazole rings is 1. The Morgan fingerprint density at radius 3 is 2.73 bits per heavy atom. The second-order valence-electron chi connectivity index (χ2n) is 7.78. The van der Waals surface area contributed by atoms with Crippen LogP contribution < -0.4 is 10.9 Å². The molecule has 33 heavy (non-hydrogen) atoms. The molecule has 5 rings (SSSR count). The smallest absolute Gasteiger partial charge is 0.267 e. The zero-order chi connectivity index (χ0) is 23.1. The van der Waals surface area contributed by atoms with E-state index in [0.29, 0.717) is 11.5 Å². The Labute approximate surface area is 193 Å². The highest BCUT2D eigenvalue weighted by molar-refractivity contribution is 7.15. The third-order valence-electron chi connectivity index (χ3n) is 5.30. The lowest BCUT2D eigenvalue weighted by atomic mass is 10.1. The molecular weight excluding hydrogens is 438 g/mol. The van der Waals surface area contributed by atoms with Crippen LogP contribution in [0.1, 0.15) is 24.4 Å². The van der Waals surface area contributed by atoms with Gasteiger partial charge in [0.25, 0.3) is 5.56 Å². The first kappa shape index (κ1) is 20.8. The molecule has 4 heterocycles. The summed E-state index contributed by atoms with van der Waals surface area (Å²) in [6.45, 7) is 5.43. The standard InChI is InChI=1S/C23H21N7O2S/c1-14-11-15(2)29(26-14)20-7-8-21(31)30(27-20)16(3)22(32)24-18-6-4-5-17(12-18)19-13-28-9-10-33-23(28)25-19/h4-13,16H,1-3H3,(H,24,32). The highest BCUT2D eigenvalue weighted by Crippen LogP contribution is 2.24. The largest absolute Gasteiger partial charge is 0.324 e. The minimum atomic E-state index is -0.823. The fourth-order valence-corrected chi connectivity index (χ4v) is 4.35. The maximum atomic E-state index is 13.0. The van der Waals surface area contributed by atoms with E-state index in [2.05, 4.69) is 20.5 Å². The lowest BCUT2D eigenvalue weighted by Gasteiger charge is -2.15. The summed E-state index contributed by atoms with van der Waals surface area (Å²) in [6.07, 6.45) is 3.90. The first-order chi connectivity index (χ1) is 15.9. The van der Waals surface area contributed by atoms with Crippen molar-refractivity contribution in [1.29, 1.82) is 0 Å². The van der Waals surface area contributed by atoms with Crippen molar-refractivity contribution < 1.29 is 4.79 Å². The molecule has 1 aromatic carbocycles. The van der Waals surface area contributed by atoms with Crippen molar-refractivity contribution >= 4 is 27.9 Å². The number of fused-ring (bicyclic) bond motifs is 1. The molecule has 0 fully saturated rings. The molecule has 0 saturated heterocycles. The summed E-state index contributed by atoms with van der Waals surface area (Å²) in [7, 11) is 0. The lowest BCUT2D eigenvalue weighted by Crippen LogP contribution is -2.33. The summed E-state index contributed by atoms with van der Waals surface area (Å²) >= 11 is 1.56. The average molecular weight is 460 g/mol. The van der Waals surface area contributed by atoms with Crippen LogP contribution in [0, 0.1) is 13.8 Å². The van der Waals surface area contributed by atoms with Gasteiger partial charge in [-0.15, -0.1) is 16.4 Å². The Bertz CT molecular complexity index is 1510. The van der Waals surface area contributed by atoms with Crippen molar-refractivity contribution in [3.8, 4) is 17.1 Å². The summed E-state index contributed by atoms with van der Waals surface area (Å²) in [5.41, 5.74) is 3.69. The minimum Gasteiger partial charge on any atom is -0.324 e. The van der Waals surface area contributed by atoms with Crippen LogP contribution in [0.2, 0.25) is 0 Å². The number of carbonyl (C=O) groups is 1. The molecule has 9 nitrogen and oxygen atoms in total. The summed E-state index contributed by atoms with van der Waals surface area (Å²) in [5.74, 6) is 0.125. The number of nitrogens with one attached hydrogen (secondary N) is 1. The Hall–Kier alpha value is -4.05. The SMILES string of the molecule is Cc1cc(C)n(-c2ccc(=O)n(C(C)C(=O)Nc3cccc(-c4cn5ccsc5n4)c3)n2)n1. The number of hydrogen-bond acceptors (Lipinski definition) is 6. The van der Waals surface area contributed by atoms with E-state index in [1.807, 2.05) is 60.3 Å². The summed E-state index contributed by atoms with van der Waals surface area (Å²) in [4.78, 5) is 31.0. The first-order valence-electron chi connectivity index (χ1n) is 10.4. The van der Waals surface area contributed by atoms with Crippen molar-refractivity contribution in [3.05, 3.63) is 82.0 Å². The van der Waals surface area contributed by atoms with Crippen LogP contribution in [0.15, 0.2) is 65.0 Å². The summed E-state index contributed by atoms with van der Waals surface area (Å²) < 4.78 is 4.78. The van der Waals surface area contributed by atoms with Gasteiger partial charge in [-0.05, 0) is 45.0 Å². The maximum absolute atomic E-state index is 13.0. The van der Waals surface area contributed by atoms with E-state index in [-0.39, 0.29) is 11.5 Å². The Morgan fingerprint density at radius 1 is 1.12 bits per heavy atom. The van der Waals surface area contributed by atoms with Crippen LogP contribution in [0.3, 0.4) is 0 Å². The van der Waals surface area contributed by atoms with Gasteiger partial charge in [0.05, 0.1) is 11.4 Å². The Kier molecular flexibility index (Phi) is 5.14. The highest BCUT2D eigenvalue weighted by Gasteiger charge is 2.19. The molecule has 10 heteroatoms. The number of rotatable bonds is 5. The van der Waals surface area contributed by atoms with Gasteiger partial charge in [-0.25, -0.2) is 14.3 Å². The Morgan fingerprint density at radius 2 is 1.97 bits per heavy atom. The van der Waals surface area contributed by atoms with Crippen molar-refractivity contribution in [2.75, 3.05) is 5.32 Å². The molecule has 1 amide bonds. The van der Waals surface area contributed by atoms with Crippen molar-refractivity contribution in [2.24, 2.45) is 0 Å². The fourth-order valence-electron chi connectivity index (χ4n) is 3.65. The molecule has 0 aliphatic heterocycles. The molecule has 0 saturated carbocycles. The quantitative estimate of drug-likeness (QED) is 0.433. The van der Waals surface area contributed by atoms with Crippen LogP contribution >= 0.6 is 11.3 Å². The number of nitrogens with zero attached hydrogens (tertiary/aromatic N) is 6. The molecule has 0 spiro atoms. The second-order valence-corrected chi connectivity index (χ2v) is 8.65. The van der Waals surface area contributed by atoms with Crippen LogP contribution in [0.25, 0.3) is 22.0 Å². The van der Waals surface area contributed by atoms with Gasteiger partial charge >= 0.3 is 0 Å². The molecule has 166 valence electrons. The lowest BCUT2D eigenvalue weighted by molar-refractivity contribution is -0.119. The zero-order valence-corrected chi connectivity index (χ0v) is 19.1. The molecule has 5 aromatic rings. The normalized spacial score (nSPS) is 12.2. The highest BCUT2D eigenvalue weighted by atomic mass is 32.1. The van der Waals surface area contributed by atoms with Crippen LogP contribution in [-0.2, 0) is 4.79 Å². The average Bonchev–Trinajstić information content (AvgIpc) is 3.48. The number of aromatic nitrogens is 6. The van der Waals surface area contributed by atoms with E-state index < -0.39 is 6.04 Å². The molecule has 4 aromatic heterocycles. The third kappa shape index (κ3) is 3.96. The van der Waals surface area contributed by atoms with Crippen molar-refractivity contribution in [3.63, 3.8) is 0 Å². The van der Waals surface area contributed by atoms with Gasteiger partial charge < -0.3 is 5.32 Å². The van der Waals surface area contributed by atoms with E-state index >= 15 is 0 Å². The predicted molar refractivity (Wildman–Crippen MR) is 127 cm³/mol. The number of hydrogen-bond donors (Lipinski definition) is 1. The third-order valence-corrected chi connectivity index (χ3v) is 6.07. The van der Waals surface area contributed by atoms with Gasteiger partial charge in [0.15, 0.2) is 10.8 Å². The number of thiazole rings is 1. The number of anilines is 1. The monoisotopic (exact) mass is 459 g/mol. The minimum absolute atomic E-state index is 0.349. The van der Waals surface area contributed by atoms with Crippen molar-refractivity contribution in [2.45, 2.75) is 26.8 Å². The van der Waals surface area contributed by atoms with Crippen molar-refractivity contribution in [1.82, 2.24) is 28.9 Å². The second kappa shape index (κ2) is 8.14. The van der Waals surface area contributed by atoms with Gasteiger partial charge in [0.2, 0.25) is 5.91 Å². The van der Waals surface area contributed by atoms with E-state index in [9.17, 15) is 9.59 Å². The summed E-state index contributed by atoms with van der Waals surface area (Å²) in [5, 5.41) is 13.7. The van der Waals surface area contributed by atoms with E-state index in [1.165, 1.54) is 10.7 Å². The fraction of sp³-hybridized carbons (Fsp3) is 0.174. The van der Waals surface area contributed by atoms with E-state index in [1.54, 1.807) is 35.1 Å². The number of carbonyl (C=O) groups excluding carboxylic acids is 1. The molecule has 1 N–H and O–H groups in total. The molecule has 0 aliphatic rings. The van der Waals surface area contributed by atoms with E-state index in [4.69, 9.17) is 0 Å². The van der Waals surface area contributed by atoms with Gasteiger partial charge in [0.1, 0.15) is 6.04 Å². The number of aryl methyl sites for hydroxylation is 2. The van der Waals surface area contributed by atoms with E-state index in [0.717, 1.165) is 27.6 Å². The first-order valence-corrected chi connectivity index (χ1v) is 11.2. The summed E-state index contributed by atoms with van der Waals surface area (Å²) in [6, 6.07) is 11.6.